The van der Waals surface area contributed by atoms with Crippen molar-refractivity contribution in [2.45, 2.75) is 19.4 Å². The minimum absolute atomic E-state index is 0.746. The van der Waals surface area contributed by atoms with Gasteiger partial charge in [-0.3, -0.25) is 0 Å². The van der Waals surface area contributed by atoms with Crippen LogP contribution in [0.25, 0.3) is 11.2 Å². The SMILES string of the molecule is CNc1nc(CCc2ccccc2)nc2c1ncn2Cc1ccccc1. The van der Waals surface area contributed by atoms with E-state index in [9.17, 15) is 0 Å². The fraction of sp³-hybridized carbons (Fsp3) is 0.190. The molecule has 0 radical (unpaired) electrons. The van der Waals surface area contributed by atoms with Crippen LogP contribution in [-0.2, 0) is 19.4 Å². The summed E-state index contributed by atoms with van der Waals surface area (Å²) in [4.78, 5) is 14.0. The maximum atomic E-state index is 4.80. The molecule has 2 heterocycles. The number of fused-ring (bicyclic) bond motifs is 1. The number of anilines is 1. The minimum atomic E-state index is 0.746. The number of aryl methyl sites for hydroxylation is 2. The summed E-state index contributed by atoms with van der Waals surface area (Å²) in [6.07, 6.45) is 3.56. The highest BCUT2D eigenvalue weighted by Gasteiger charge is 2.13. The Morgan fingerprint density at radius 3 is 2.23 bits per heavy atom. The van der Waals surface area contributed by atoms with Crippen molar-refractivity contribution < 1.29 is 0 Å². The van der Waals surface area contributed by atoms with Crippen LogP contribution in [0.2, 0.25) is 0 Å². The Balaban J connectivity index is 1.65. The molecule has 0 saturated heterocycles. The lowest BCUT2D eigenvalue weighted by atomic mass is 10.1. The third kappa shape index (κ3) is 3.42. The molecule has 4 rings (SSSR count). The molecular weight excluding hydrogens is 322 g/mol. The van der Waals surface area contributed by atoms with Gasteiger partial charge in [0.05, 0.1) is 12.9 Å². The summed E-state index contributed by atoms with van der Waals surface area (Å²) >= 11 is 0. The lowest BCUT2D eigenvalue weighted by Gasteiger charge is -2.08. The number of rotatable bonds is 6. The average molecular weight is 343 g/mol. The van der Waals surface area contributed by atoms with E-state index < -0.39 is 0 Å². The summed E-state index contributed by atoms with van der Waals surface area (Å²) < 4.78 is 2.08. The van der Waals surface area contributed by atoms with E-state index in [1.54, 1.807) is 0 Å². The highest BCUT2D eigenvalue weighted by atomic mass is 15.1. The molecule has 4 aromatic rings. The van der Waals surface area contributed by atoms with E-state index in [0.717, 1.165) is 42.2 Å². The second-order valence-corrected chi connectivity index (χ2v) is 6.25. The van der Waals surface area contributed by atoms with Gasteiger partial charge in [-0.25, -0.2) is 15.0 Å². The molecule has 0 aliphatic rings. The van der Waals surface area contributed by atoms with E-state index in [-0.39, 0.29) is 0 Å². The first-order valence-electron chi connectivity index (χ1n) is 8.81. The summed E-state index contributed by atoms with van der Waals surface area (Å²) in [6, 6.07) is 20.8. The Bertz CT molecular complexity index is 993. The van der Waals surface area contributed by atoms with Crippen LogP contribution >= 0.6 is 0 Å². The van der Waals surface area contributed by atoms with Gasteiger partial charge in [0, 0.05) is 13.5 Å². The lowest BCUT2D eigenvalue weighted by Crippen LogP contribution is -2.06. The maximum Gasteiger partial charge on any atom is 0.166 e. The van der Waals surface area contributed by atoms with Gasteiger partial charge in [0.2, 0.25) is 0 Å². The topological polar surface area (TPSA) is 55.6 Å². The van der Waals surface area contributed by atoms with Crippen molar-refractivity contribution in [2.75, 3.05) is 12.4 Å². The predicted octanol–water partition coefficient (Wildman–Crippen LogP) is 3.70. The number of aromatic nitrogens is 4. The van der Waals surface area contributed by atoms with E-state index in [1.807, 2.05) is 37.6 Å². The van der Waals surface area contributed by atoms with Gasteiger partial charge in [0.25, 0.3) is 0 Å². The zero-order valence-electron chi connectivity index (χ0n) is 14.8. The van der Waals surface area contributed by atoms with E-state index in [1.165, 1.54) is 11.1 Å². The fourth-order valence-electron chi connectivity index (χ4n) is 3.07. The Kier molecular flexibility index (Phi) is 4.60. The largest absolute Gasteiger partial charge is 0.371 e. The summed E-state index contributed by atoms with van der Waals surface area (Å²) in [7, 11) is 1.87. The van der Waals surface area contributed by atoms with Crippen molar-refractivity contribution in [3.63, 3.8) is 0 Å². The molecule has 5 nitrogen and oxygen atoms in total. The molecule has 2 aromatic carbocycles. The van der Waals surface area contributed by atoms with Gasteiger partial charge in [0.15, 0.2) is 11.5 Å². The van der Waals surface area contributed by atoms with Crippen LogP contribution in [0.5, 0.6) is 0 Å². The maximum absolute atomic E-state index is 4.80. The van der Waals surface area contributed by atoms with E-state index in [0.29, 0.717) is 0 Å². The predicted molar refractivity (Wildman–Crippen MR) is 104 cm³/mol. The van der Waals surface area contributed by atoms with Crippen molar-refractivity contribution in [3.8, 4) is 0 Å². The number of hydrogen-bond donors (Lipinski definition) is 1. The second-order valence-electron chi connectivity index (χ2n) is 6.25. The Morgan fingerprint density at radius 2 is 1.54 bits per heavy atom. The second kappa shape index (κ2) is 7.35. The number of benzene rings is 2. The summed E-state index contributed by atoms with van der Waals surface area (Å²) in [5.41, 5.74) is 4.20. The van der Waals surface area contributed by atoms with Crippen molar-refractivity contribution in [2.24, 2.45) is 0 Å². The van der Waals surface area contributed by atoms with Gasteiger partial charge in [-0.05, 0) is 17.5 Å². The van der Waals surface area contributed by atoms with Gasteiger partial charge < -0.3 is 9.88 Å². The molecule has 0 aliphatic heterocycles. The summed E-state index contributed by atoms with van der Waals surface area (Å²) in [5, 5.41) is 3.16. The zero-order valence-corrected chi connectivity index (χ0v) is 14.8. The molecule has 26 heavy (non-hydrogen) atoms. The molecule has 0 atom stereocenters. The third-order valence-corrected chi connectivity index (χ3v) is 4.42. The molecule has 0 fully saturated rings. The Morgan fingerprint density at radius 1 is 0.846 bits per heavy atom. The molecular formula is C21H21N5. The van der Waals surface area contributed by atoms with Crippen LogP contribution in [0, 0.1) is 0 Å². The first-order valence-corrected chi connectivity index (χ1v) is 8.81. The van der Waals surface area contributed by atoms with E-state index in [4.69, 9.17) is 4.98 Å². The normalized spacial score (nSPS) is 11.0. The van der Waals surface area contributed by atoms with Gasteiger partial charge in [-0.15, -0.1) is 0 Å². The molecule has 0 amide bonds. The number of imidazole rings is 1. The van der Waals surface area contributed by atoms with Crippen molar-refractivity contribution in [3.05, 3.63) is 83.9 Å². The first-order chi connectivity index (χ1) is 12.8. The smallest absolute Gasteiger partial charge is 0.166 e. The highest BCUT2D eigenvalue weighted by Crippen LogP contribution is 2.20. The molecule has 2 aromatic heterocycles. The van der Waals surface area contributed by atoms with Crippen LogP contribution in [0.3, 0.4) is 0 Å². The van der Waals surface area contributed by atoms with Gasteiger partial charge in [0.1, 0.15) is 11.3 Å². The zero-order chi connectivity index (χ0) is 17.8. The molecule has 0 bridgehead atoms. The number of hydrogen-bond acceptors (Lipinski definition) is 4. The molecule has 0 spiro atoms. The monoisotopic (exact) mass is 343 g/mol. The van der Waals surface area contributed by atoms with E-state index >= 15 is 0 Å². The summed E-state index contributed by atoms with van der Waals surface area (Å²) in [5.74, 6) is 1.62. The molecule has 0 aliphatic carbocycles. The van der Waals surface area contributed by atoms with Crippen molar-refractivity contribution in [1.82, 2.24) is 19.5 Å². The molecule has 1 N–H and O–H groups in total. The Labute approximate surface area is 152 Å². The van der Waals surface area contributed by atoms with Gasteiger partial charge >= 0.3 is 0 Å². The summed E-state index contributed by atoms with van der Waals surface area (Å²) in [6.45, 7) is 0.746. The van der Waals surface area contributed by atoms with Gasteiger partial charge in [-0.1, -0.05) is 60.7 Å². The van der Waals surface area contributed by atoms with Crippen LogP contribution < -0.4 is 5.32 Å². The fourth-order valence-corrected chi connectivity index (χ4v) is 3.07. The average Bonchev–Trinajstić information content (AvgIpc) is 3.10. The van der Waals surface area contributed by atoms with Crippen molar-refractivity contribution in [1.29, 1.82) is 0 Å². The first kappa shape index (κ1) is 16.3. The number of nitrogens with one attached hydrogen (secondary N) is 1. The molecule has 0 saturated carbocycles. The van der Waals surface area contributed by atoms with Crippen molar-refractivity contribution >= 4 is 17.0 Å². The van der Waals surface area contributed by atoms with Crippen LogP contribution in [-0.4, -0.2) is 26.6 Å². The van der Waals surface area contributed by atoms with Crippen LogP contribution in [0.4, 0.5) is 5.82 Å². The standard InChI is InChI=1S/C21H21N5/c1-22-20-19-21(26(15-23-19)14-17-10-6-3-7-11-17)25-18(24-20)13-12-16-8-4-2-5-9-16/h2-11,15H,12-14H2,1H3,(H,22,24,25). The quantitative estimate of drug-likeness (QED) is 0.580. The van der Waals surface area contributed by atoms with Crippen LogP contribution in [0.15, 0.2) is 67.0 Å². The molecule has 130 valence electrons. The highest BCUT2D eigenvalue weighted by molar-refractivity contribution is 5.83. The Hall–Kier alpha value is -3.21. The minimum Gasteiger partial charge on any atom is -0.371 e. The molecule has 0 unspecified atom stereocenters. The number of nitrogens with zero attached hydrogens (tertiary/aromatic N) is 4. The van der Waals surface area contributed by atoms with E-state index in [2.05, 4.69) is 56.3 Å². The van der Waals surface area contributed by atoms with Gasteiger partial charge in [-0.2, -0.15) is 0 Å². The lowest BCUT2D eigenvalue weighted by molar-refractivity contribution is 0.799. The molecule has 5 heteroatoms. The third-order valence-electron chi connectivity index (χ3n) is 4.42. The van der Waals surface area contributed by atoms with Crippen LogP contribution in [0.1, 0.15) is 17.0 Å².